The van der Waals surface area contributed by atoms with Gasteiger partial charge in [-0.2, -0.15) is 0 Å². The Morgan fingerprint density at radius 2 is 2.00 bits per heavy atom. The molecule has 0 aliphatic heterocycles. The third-order valence-electron chi connectivity index (χ3n) is 3.52. The van der Waals surface area contributed by atoms with E-state index in [9.17, 15) is 4.79 Å². The fourth-order valence-electron chi connectivity index (χ4n) is 2.24. The van der Waals surface area contributed by atoms with E-state index < -0.39 is 0 Å². The van der Waals surface area contributed by atoms with Crippen molar-refractivity contribution in [3.8, 4) is 0 Å². The Hall–Kier alpha value is -2.27. The van der Waals surface area contributed by atoms with Crippen LogP contribution in [0.4, 0.5) is 5.69 Å². The summed E-state index contributed by atoms with van der Waals surface area (Å²) >= 11 is 0. The number of furan rings is 1. The molecular formula is C16H21N3O2. The number of carbonyl (C=O) groups is 1. The number of hydrazine groups is 1. The Morgan fingerprint density at radius 1 is 1.33 bits per heavy atom. The molecule has 1 aromatic carbocycles. The molecule has 5 heteroatoms. The molecule has 3 N–H and O–H groups in total. The first-order valence-corrected chi connectivity index (χ1v) is 6.95. The number of aryl methyl sites for hydroxylation is 2. The van der Waals surface area contributed by atoms with Gasteiger partial charge in [0.05, 0.1) is 12.1 Å². The van der Waals surface area contributed by atoms with Crippen LogP contribution in [-0.2, 0) is 13.0 Å². The zero-order valence-electron chi connectivity index (χ0n) is 12.6. The molecule has 0 aliphatic rings. The lowest BCUT2D eigenvalue weighted by Crippen LogP contribution is -2.30. The second-order valence-electron chi connectivity index (χ2n) is 5.03. The van der Waals surface area contributed by atoms with Crippen LogP contribution < -0.4 is 16.2 Å². The quantitative estimate of drug-likeness (QED) is 0.503. The van der Waals surface area contributed by atoms with Gasteiger partial charge < -0.3 is 9.32 Å². The van der Waals surface area contributed by atoms with Crippen molar-refractivity contribution in [2.24, 2.45) is 5.84 Å². The van der Waals surface area contributed by atoms with E-state index in [-0.39, 0.29) is 5.91 Å². The summed E-state index contributed by atoms with van der Waals surface area (Å²) in [6, 6.07) is 10.1. The third-order valence-corrected chi connectivity index (χ3v) is 3.52. The number of carbonyl (C=O) groups excluding carboxylic acids is 1. The van der Waals surface area contributed by atoms with Crippen LogP contribution in [0, 0.1) is 6.92 Å². The van der Waals surface area contributed by atoms with Crippen molar-refractivity contribution in [2.75, 3.05) is 11.9 Å². The molecule has 0 atom stereocenters. The van der Waals surface area contributed by atoms with E-state index in [2.05, 4.69) is 41.5 Å². The van der Waals surface area contributed by atoms with Crippen LogP contribution in [0.3, 0.4) is 0 Å². The number of nitrogens with one attached hydrogen (secondary N) is 1. The average Bonchev–Trinajstić information content (AvgIpc) is 2.87. The summed E-state index contributed by atoms with van der Waals surface area (Å²) < 4.78 is 5.62. The number of nitrogens with two attached hydrogens (primary N) is 1. The summed E-state index contributed by atoms with van der Waals surface area (Å²) in [4.78, 5) is 13.6. The van der Waals surface area contributed by atoms with Crippen molar-refractivity contribution in [3.05, 3.63) is 53.0 Å². The topological polar surface area (TPSA) is 71.5 Å². The van der Waals surface area contributed by atoms with Gasteiger partial charge in [0.15, 0.2) is 0 Å². The van der Waals surface area contributed by atoms with Gasteiger partial charge in [-0.1, -0.05) is 19.1 Å². The average molecular weight is 287 g/mol. The van der Waals surface area contributed by atoms with E-state index in [1.54, 1.807) is 13.0 Å². The number of nitrogen functional groups attached to an aromatic ring is 1. The van der Waals surface area contributed by atoms with Crippen LogP contribution in [0.2, 0.25) is 0 Å². The summed E-state index contributed by atoms with van der Waals surface area (Å²) in [5.41, 5.74) is 5.01. The molecule has 2 rings (SSSR count). The number of benzene rings is 1. The number of anilines is 1. The van der Waals surface area contributed by atoms with Gasteiger partial charge in [0.25, 0.3) is 5.91 Å². The summed E-state index contributed by atoms with van der Waals surface area (Å²) in [7, 11) is 1.99. The van der Waals surface area contributed by atoms with Gasteiger partial charge in [0.1, 0.15) is 11.5 Å². The van der Waals surface area contributed by atoms with Gasteiger partial charge in [-0.25, -0.2) is 5.84 Å². The lowest BCUT2D eigenvalue weighted by molar-refractivity contribution is 0.0952. The van der Waals surface area contributed by atoms with Gasteiger partial charge in [0, 0.05) is 12.7 Å². The molecule has 0 spiro atoms. The molecule has 1 aromatic heterocycles. The molecule has 0 saturated heterocycles. The molecule has 1 heterocycles. The second kappa shape index (κ2) is 6.45. The van der Waals surface area contributed by atoms with Crippen LogP contribution in [0.25, 0.3) is 0 Å². The fourth-order valence-corrected chi connectivity index (χ4v) is 2.24. The van der Waals surface area contributed by atoms with E-state index >= 15 is 0 Å². The zero-order valence-corrected chi connectivity index (χ0v) is 12.6. The van der Waals surface area contributed by atoms with Crippen molar-refractivity contribution in [3.63, 3.8) is 0 Å². The Morgan fingerprint density at radius 3 is 2.57 bits per heavy atom. The molecule has 1 amide bonds. The maximum Gasteiger partial charge on any atom is 0.268 e. The van der Waals surface area contributed by atoms with Gasteiger partial charge >= 0.3 is 0 Å². The maximum atomic E-state index is 11.6. The van der Waals surface area contributed by atoms with E-state index in [1.807, 2.05) is 7.05 Å². The smallest absolute Gasteiger partial charge is 0.268 e. The minimum Gasteiger partial charge on any atom is -0.464 e. The predicted molar refractivity (Wildman–Crippen MR) is 83.0 cm³/mol. The molecule has 0 fully saturated rings. The van der Waals surface area contributed by atoms with Gasteiger partial charge in [0.2, 0.25) is 0 Å². The number of hydrogen-bond acceptors (Lipinski definition) is 4. The van der Waals surface area contributed by atoms with Crippen molar-refractivity contribution in [2.45, 2.75) is 26.8 Å². The molecule has 0 unspecified atom stereocenters. The molecule has 0 bridgehead atoms. The molecule has 0 aliphatic carbocycles. The first-order chi connectivity index (χ1) is 10.0. The SMILES string of the molecule is CCc1ccc(N(C)Cc2cc(C(=O)NN)c(C)o2)cc1. The highest BCUT2D eigenvalue weighted by Crippen LogP contribution is 2.20. The van der Waals surface area contributed by atoms with Crippen molar-refractivity contribution >= 4 is 11.6 Å². The van der Waals surface area contributed by atoms with Crippen LogP contribution in [-0.4, -0.2) is 13.0 Å². The Labute approximate surface area is 124 Å². The molecule has 0 saturated carbocycles. The summed E-state index contributed by atoms with van der Waals surface area (Å²) in [6.45, 7) is 4.47. The lowest BCUT2D eigenvalue weighted by Gasteiger charge is -2.18. The zero-order chi connectivity index (χ0) is 15.4. The highest BCUT2D eigenvalue weighted by Gasteiger charge is 2.15. The lowest BCUT2D eigenvalue weighted by atomic mass is 10.1. The molecule has 2 aromatic rings. The van der Waals surface area contributed by atoms with E-state index in [0.717, 1.165) is 17.9 Å². The molecule has 112 valence electrons. The van der Waals surface area contributed by atoms with Crippen molar-refractivity contribution in [1.29, 1.82) is 0 Å². The van der Waals surface area contributed by atoms with Crippen molar-refractivity contribution < 1.29 is 9.21 Å². The highest BCUT2D eigenvalue weighted by atomic mass is 16.3. The normalized spacial score (nSPS) is 10.5. The molecular weight excluding hydrogens is 266 g/mol. The Kier molecular flexibility index (Phi) is 4.65. The fraction of sp³-hybridized carbons (Fsp3) is 0.312. The standard InChI is InChI=1S/C16H21N3O2/c1-4-12-5-7-13(8-6-12)19(3)10-14-9-15(11(2)21-14)16(20)18-17/h5-9H,4,10,17H2,1-3H3,(H,18,20). The van der Waals surface area contributed by atoms with Crippen LogP contribution in [0.15, 0.2) is 34.7 Å². The van der Waals surface area contributed by atoms with Crippen LogP contribution in [0.1, 0.15) is 34.4 Å². The third kappa shape index (κ3) is 3.44. The van der Waals surface area contributed by atoms with Gasteiger partial charge in [-0.15, -0.1) is 0 Å². The largest absolute Gasteiger partial charge is 0.464 e. The van der Waals surface area contributed by atoms with E-state index in [1.165, 1.54) is 5.56 Å². The van der Waals surface area contributed by atoms with E-state index in [0.29, 0.717) is 17.9 Å². The Balaban J connectivity index is 2.11. The Bertz CT molecular complexity index is 617. The monoisotopic (exact) mass is 287 g/mol. The van der Waals surface area contributed by atoms with E-state index in [4.69, 9.17) is 10.3 Å². The number of hydrogen-bond donors (Lipinski definition) is 2. The van der Waals surface area contributed by atoms with Gasteiger partial charge in [-0.05, 0) is 37.1 Å². The minimum absolute atomic E-state index is 0.336. The predicted octanol–water partition coefficient (Wildman–Crippen LogP) is 2.39. The number of nitrogens with zero attached hydrogens (tertiary/aromatic N) is 1. The maximum absolute atomic E-state index is 11.6. The molecule has 5 nitrogen and oxygen atoms in total. The number of amides is 1. The second-order valence-corrected chi connectivity index (χ2v) is 5.03. The summed E-state index contributed by atoms with van der Waals surface area (Å²) in [6.07, 6.45) is 1.03. The van der Waals surface area contributed by atoms with Gasteiger partial charge in [-0.3, -0.25) is 10.2 Å². The summed E-state index contributed by atoms with van der Waals surface area (Å²) in [5.74, 6) is 6.12. The van der Waals surface area contributed by atoms with Crippen LogP contribution in [0.5, 0.6) is 0 Å². The first-order valence-electron chi connectivity index (χ1n) is 6.95. The summed E-state index contributed by atoms with van der Waals surface area (Å²) in [5, 5.41) is 0. The number of rotatable bonds is 5. The highest BCUT2D eigenvalue weighted by molar-refractivity contribution is 5.94. The molecule has 0 radical (unpaired) electrons. The van der Waals surface area contributed by atoms with Crippen molar-refractivity contribution in [1.82, 2.24) is 5.43 Å². The van der Waals surface area contributed by atoms with Crippen LogP contribution >= 0.6 is 0 Å². The minimum atomic E-state index is -0.336. The molecule has 21 heavy (non-hydrogen) atoms. The first kappa shape index (κ1) is 15.1.